The molecule has 1 aliphatic heterocycles. The topological polar surface area (TPSA) is 15.3 Å². The van der Waals surface area contributed by atoms with Gasteiger partial charge in [0.2, 0.25) is 0 Å². The number of rotatable bonds is 3. The number of nitrogens with zero attached hydrogens (tertiary/aromatic N) is 1. The second kappa shape index (κ2) is 6.23. The van der Waals surface area contributed by atoms with Crippen LogP contribution in [0, 0.1) is 5.82 Å². The highest BCUT2D eigenvalue weighted by atomic mass is 79.9. The molecule has 0 atom stereocenters. The van der Waals surface area contributed by atoms with E-state index >= 15 is 0 Å². The van der Waals surface area contributed by atoms with Gasteiger partial charge in [0, 0.05) is 24.3 Å². The molecular formula is C15H22BrFN2. The second-order valence-corrected chi connectivity index (χ2v) is 6.14. The van der Waals surface area contributed by atoms with Crippen LogP contribution in [0.5, 0.6) is 0 Å². The van der Waals surface area contributed by atoms with Gasteiger partial charge >= 0.3 is 0 Å². The molecule has 2 nitrogen and oxygen atoms in total. The lowest BCUT2D eigenvalue weighted by molar-refractivity contribution is 0.321. The molecule has 1 aliphatic rings. The largest absolute Gasteiger partial charge is 0.370 e. The molecule has 0 amide bonds. The summed E-state index contributed by atoms with van der Waals surface area (Å²) in [6.07, 6.45) is 3.29. The van der Waals surface area contributed by atoms with Crippen LogP contribution in [-0.4, -0.2) is 25.2 Å². The van der Waals surface area contributed by atoms with Crippen molar-refractivity contribution in [2.75, 3.05) is 24.5 Å². The zero-order chi connectivity index (χ0) is 13.9. The van der Waals surface area contributed by atoms with E-state index < -0.39 is 0 Å². The molecule has 1 aromatic carbocycles. The summed E-state index contributed by atoms with van der Waals surface area (Å²) in [5.74, 6) is -0.187. The van der Waals surface area contributed by atoms with Crippen molar-refractivity contribution in [3.05, 3.63) is 28.5 Å². The Bertz CT molecular complexity index is 432. The van der Waals surface area contributed by atoms with E-state index in [-0.39, 0.29) is 11.4 Å². The highest BCUT2D eigenvalue weighted by Gasteiger charge is 2.30. The fourth-order valence-corrected chi connectivity index (χ4v) is 3.00. The van der Waals surface area contributed by atoms with Crippen LogP contribution in [-0.2, 0) is 0 Å². The van der Waals surface area contributed by atoms with Gasteiger partial charge in [-0.2, -0.15) is 0 Å². The van der Waals surface area contributed by atoms with Gasteiger partial charge in [-0.15, -0.1) is 0 Å². The van der Waals surface area contributed by atoms with Crippen molar-refractivity contribution in [2.45, 2.75) is 38.6 Å². The van der Waals surface area contributed by atoms with Crippen molar-refractivity contribution in [2.24, 2.45) is 0 Å². The van der Waals surface area contributed by atoms with Gasteiger partial charge in [-0.3, -0.25) is 0 Å². The predicted octanol–water partition coefficient (Wildman–Crippen LogP) is 3.95. The normalized spacial score (nSPS) is 19.3. The number of nitrogens with one attached hydrogen (secondary N) is 1. The third-order valence-corrected chi connectivity index (χ3v) is 4.86. The van der Waals surface area contributed by atoms with Gasteiger partial charge in [0.05, 0.1) is 4.47 Å². The number of anilines is 1. The smallest absolute Gasteiger partial charge is 0.139 e. The van der Waals surface area contributed by atoms with Gasteiger partial charge in [-0.25, -0.2) is 4.39 Å². The summed E-state index contributed by atoms with van der Waals surface area (Å²) in [6, 6.07) is 5.42. The van der Waals surface area contributed by atoms with Gasteiger partial charge in [-0.1, -0.05) is 13.8 Å². The summed E-state index contributed by atoms with van der Waals surface area (Å²) in [5, 5.41) is 3.68. The maximum absolute atomic E-state index is 13.7. The van der Waals surface area contributed by atoms with E-state index in [1.54, 1.807) is 12.1 Å². The monoisotopic (exact) mass is 328 g/mol. The molecule has 2 rings (SSSR count). The van der Waals surface area contributed by atoms with Crippen LogP contribution in [0.25, 0.3) is 0 Å². The fraction of sp³-hybridized carbons (Fsp3) is 0.600. The molecule has 0 radical (unpaired) electrons. The number of hydrogen-bond acceptors (Lipinski definition) is 2. The van der Waals surface area contributed by atoms with Crippen molar-refractivity contribution >= 4 is 21.6 Å². The van der Waals surface area contributed by atoms with Gasteiger partial charge in [-0.05, 0) is 59.9 Å². The van der Waals surface area contributed by atoms with Crippen LogP contribution in [0.4, 0.5) is 10.1 Å². The molecule has 1 saturated heterocycles. The average molecular weight is 329 g/mol. The molecule has 0 unspecified atom stereocenters. The number of hydrogen-bond donors (Lipinski definition) is 1. The van der Waals surface area contributed by atoms with E-state index in [4.69, 9.17) is 0 Å². The fourth-order valence-electron chi connectivity index (χ4n) is 2.75. The lowest BCUT2D eigenvalue weighted by atomic mass is 9.92. The van der Waals surface area contributed by atoms with Gasteiger partial charge in [0.25, 0.3) is 0 Å². The molecule has 0 spiro atoms. The van der Waals surface area contributed by atoms with Gasteiger partial charge in [0.15, 0.2) is 0 Å². The van der Waals surface area contributed by atoms with E-state index in [9.17, 15) is 4.39 Å². The summed E-state index contributed by atoms with van der Waals surface area (Å²) in [4.78, 5) is 2.31. The Kier molecular flexibility index (Phi) is 4.85. The Morgan fingerprint density at radius 2 is 2.11 bits per heavy atom. The maximum Gasteiger partial charge on any atom is 0.139 e. The first kappa shape index (κ1) is 14.8. The molecule has 0 aromatic heterocycles. The van der Waals surface area contributed by atoms with Crippen LogP contribution in [0.3, 0.4) is 0 Å². The molecule has 106 valence electrons. The standard InChI is InChI=1S/C15H22BrFN2/c1-3-15(4-2)11-19(9-5-8-18-15)12-6-7-13(16)14(17)10-12/h6-7,10,18H,3-5,8-9,11H2,1-2H3. The van der Waals surface area contributed by atoms with Crippen LogP contribution >= 0.6 is 15.9 Å². The first-order valence-corrected chi connectivity index (χ1v) is 7.84. The van der Waals surface area contributed by atoms with Crippen molar-refractivity contribution in [3.8, 4) is 0 Å². The molecule has 1 aromatic rings. The Hall–Kier alpha value is -0.610. The van der Waals surface area contributed by atoms with E-state index in [0.717, 1.165) is 44.6 Å². The van der Waals surface area contributed by atoms with E-state index in [0.29, 0.717) is 4.47 Å². The van der Waals surface area contributed by atoms with Crippen molar-refractivity contribution in [1.82, 2.24) is 5.32 Å². The summed E-state index contributed by atoms with van der Waals surface area (Å²) >= 11 is 3.21. The molecule has 19 heavy (non-hydrogen) atoms. The Labute approximate surface area is 123 Å². The van der Waals surface area contributed by atoms with Crippen molar-refractivity contribution in [1.29, 1.82) is 0 Å². The predicted molar refractivity (Wildman–Crippen MR) is 82.2 cm³/mol. The van der Waals surface area contributed by atoms with Crippen LogP contribution in [0.2, 0.25) is 0 Å². The zero-order valence-electron chi connectivity index (χ0n) is 11.7. The minimum absolute atomic E-state index is 0.153. The van der Waals surface area contributed by atoms with E-state index in [1.165, 1.54) is 0 Å². The summed E-state index contributed by atoms with van der Waals surface area (Å²) in [6.45, 7) is 7.42. The molecule has 0 saturated carbocycles. The highest BCUT2D eigenvalue weighted by Crippen LogP contribution is 2.27. The molecule has 1 heterocycles. The highest BCUT2D eigenvalue weighted by molar-refractivity contribution is 9.10. The Morgan fingerprint density at radius 1 is 1.37 bits per heavy atom. The minimum Gasteiger partial charge on any atom is -0.370 e. The molecule has 0 bridgehead atoms. The van der Waals surface area contributed by atoms with Gasteiger partial charge < -0.3 is 10.2 Å². The molecular weight excluding hydrogens is 307 g/mol. The second-order valence-electron chi connectivity index (χ2n) is 5.29. The van der Waals surface area contributed by atoms with Crippen LogP contribution < -0.4 is 10.2 Å². The third-order valence-electron chi connectivity index (χ3n) is 4.22. The summed E-state index contributed by atoms with van der Waals surface area (Å²) in [5.41, 5.74) is 1.13. The van der Waals surface area contributed by atoms with Crippen LogP contribution in [0.15, 0.2) is 22.7 Å². The van der Waals surface area contributed by atoms with Crippen LogP contribution in [0.1, 0.15) is 33.1 Å². The summed E-state index contributed by atoms with van der Waals surface area (Å²) in [7, 11) is 0. The first-order valence-electron chi connectivity index (χ1n) is 7.05. The Balaban J connectivity index is 2.24. The first-order chi connectivity index (χ1) is 9.10. The number of halogens is 2. The van der Waals surface area contributed by atoms with E-state index in [2.05, 4.69) is 40.0 Å². The Morgan fingerprint density at radius 3 is 2.74 bits per heavy atom. The molecule has 4 heteroatoms. The lowest BCUT2D eigenvalue weighted by Gasteiger charge is -2.36. The summed E-state index contributed by atoms with van der Waals surface area (Å²) < 4.78 is 14.2. The third kappa shape index (κ3) is 3.29. The van der Waals surface area contributed by atoms with Crippen molar-refractivity contribution in [3.63, 3.8) is 0 Å². The lowest BCUT2D eigenvalue weighted by Crippen LogP contribution is -2.50. The quantitative estimate of drug-likeness (QED) is 0.903. The minimum atomic E-state index is -0.187. The van der Waals surface area contributed by atoms with Gasteiger partial charge in [0.1, 0.15) is 5.82 Å². The molecule has 1 N–H and O–H groups in total. The van der Waals surface area contributed by atoms with Crippen molar-refractivity contribution < 1.29 is 4.39 Å². The number of benzene rings is 1. The molecule has 1 fully saturated rings. The van der Waals surface area contributed by atoms with E-state index in [1.807, 2.05) is 6.07 Å². The maximum atomic E-state index is 13.7. The SMILES string of the molecule is CCC1(CC)CN(c2ccc(Br)c(F)c2)CCCN1. The molecule has 0 aliphatic carbocycles. The zero-order valence-corrected chi connectivity index (χ0v) is 13.3. The average Bonchev–Trinajstić information content (AvgIpc) is 2.65.